The van der Waals surface area contributed by atoms with E-state index in [1.807, 2.05) is 0 Å². The number of aryl methyl sites for hydroxylation is 1. The van der Waals surface area contributed by atoms with Crippen molar-refractivity contribution in [3.63, 3.8) is 0 Å². The Morgan fingerprint density at radius 2 is 0.829 bits per heavy atom. The van der Waals surface area contributed by atoms with Crippen molar-refractivity contribution in [3.05, 3.63) is 157 Å². The highest BCUT2D eigenvalue weighted by Crippen LogP contribution is 2.55. The first-order valence-electron chi connectivity index (χ1n) is 12.1. The molecule has 5 rings (SSSR count). The molecule has 0 radical (unpaired) electrons. The summed E-state index contributed by atoms with van der Waals surface area (Å²) < 4.78 is 0. The Labute approximate surface area is 212 Å². The summed E-state index contributed by atoms with van der Waals surface area (Å²) in [5.74, 6) is 0. The number of rotatable bonds is 8. The third-order valence-corrected chi connectivity index (χ3v) is 12.0. The third kappa shape index (κ3) is 5.79. The minimum absolute atomic E-state index is 0.405. The molecule has 0 heterocycles. The van der Waals surface area contributed by atoms with Crippen molar-refractivity contribution in [1.29, 1.82) is 0 Å². The van der Waals surface area contributed by atoms with Crippen LogP contribution in [-0.4, -0.2) is 6.16 Å². The van der Waals surface area contributed by atoms with Gasteiger partial charge in [-0.2, -0.15) is 0 Å². The van der Waals surface area contributed by atoms with E-state index in [-0.39, 0.29) is 0 Å². The lowest BCUT2D eigenvalue weighted by molar-refractivity contribution is 1.10. The highest BCUT2D eigenvalue weighted by molar-refractivity contribution is 7.76. The van der Waals surface area contributed by atoms with Crippen molar-refractivity contribution in [3.8, 4) is 0 Å². The largest absolute Gasteiger partial charge is 0.0622 e. The smallest absolute Gasteiger partial charge is 0.0167 e. The Morgan fingerprint density at radius 1 is 0.457 bits per heavy atom. The van der Waals surface area contributed by atoms with Gasteiger partial charge in [-0.05, 0) is 55.7 Å². The topological polar surface area (TPSA) is 0 Å². The van der Waals surface area contributed by atoms with Crippen LogP contribution in [0.3, 0.4) is 0 Å². The molecule has 0 aliphatic rings. The normalized spacial score (nSPS) is 12.1. The zero-order valence-corrected chi connectivity index (χ0v) is 21.8. The van der Waals surface area contributed by atoms with Crippen molar-refractivity contribution >= 4 is 37.1 Å². The molecule has 0 bridgehead atoms. The monoisotopic (exact) mass is 488 g/mol. The van der Waals surface area contributed by atoms with Gasteiger partial charge in [-0.15, -0.1) is 0 Å². The molecular formula is C33H30P2. The van der Waals surface area contributed by atoms with Gasteiger partial charge in [0, 0.05) is 5.66 Å². The van der Waals surface area contributed by atoms with Crippen molar-refractivity contribution in [2.45, 2.75) is 12.6 Å². The zero-order chi connectivity index (χ0) is 23.9. The second-order valence-electron chi connectivity index (χ2n) is 8.75. The van der Waals surface area contributed by atoms with Crippen LogP contribution in [0.4, 0.5) is 0 Å². The van der Waals surface area contributed by atoms with Crippen LogP contribution in [0.15, 0.2) is 146 Å². The van der Waals surface area contributed by atoms with E-state index in [9.17, 15) is 0 Å². The van der Waals surface area contributed by atoms with Crippen molar-refractivity contribution < 1.29 is 0 Å². The van der Waals surface area contributed by atoms with Gasteiger partial charge in [-0.25, -0.2) is 0 Å². The minimum Gasteiger partial charge on any atom is -0.0622 e. The molecule has 1 atom stereocenters. The Bertz CT molecular complexity index is 1220. The summed E-state index contributed by atoms with van der Waals surface area (Å²) in [6.07, 6.45) is 1.11. The molecule has 5 aromatic rings. The molecule has 5 aromatic carbocycles. The Morgan fingerprint density at radius 3 is 1.23 bits per heavy atom. The maximum absolute atomic E-state index is 2.37. The average molecular weight is 489 g/mol. The van der Waals surface area contributed by atoms with Gasteiger partial charge in [0.25, 0.3) is 0 Å². The molecular weight excluding hydrogens is 458 g/mol. The molecule has 35 heavy (non-hydrogen) atoms. The van der Waals surface area contributed by atoms with Gasteiger partial charge in [0.1, 0.15) is 0 Å². The fourth-order valence-corrected chi connectivity index (χ4v) is 10.5. The summed E-state index contributed by atoms with van der Waals surface area (Å²) in [5.41, 5.74) is 3.15. The molecule has 0 amide bonds. The summed E-state index contributed by atoms with van der Waals surface area (Å²) in [7, 11) is -1.12. The Kier molecular flexibility index (Phi) is 7.85. The van der Waals surface area contributed by atoms with Crippen LogP contribution < -0.4 is 21.2 Å². The van der Waals surface area contributed by atoms with Crippen LogP contribution in [0.25, 0.3) is 0 Å². The summed E-state index contributed by atoms with van der Waals surface area (Å²) in [6, 6.07) is 53.9. The second-order valence-corrected chi connectivity index (χ2v) is 13.4. The summed E-state index contributed by atoms with van der Waals surface area (Å²) in [5, 5.41) is 5.77. The molecule has 0 N–H and O–H groups in total. The van der Waals surface area contributed by atoms with E-state index in [4.69, 9.17) is 0 Å². The first-order chi connectivity index (χ1) is 17.3. The standard InChI is InChI=1S/C33H30P2/c1-27-22-24-28(25-23-27)33(35(31-18-10-4-11-19-31)32-20-12-5-13-21-32)26-34(29-14-6-2-7-15-29)30-16-8-3-9-17-30/h2-25,33H,26H2,1H3/t33-/m0/s1. The van der Waals surface area contributed by atoms with Crippen LogP contribution in [-0.2, 0) is 0 Å². The molecule has 2 heteroatoms. The maximum atomic E-state index is 2.37. The van der Waals surface area contributed by atoms with E-state index < -0.39 is 15.8 Å². The summed E-state index contributed by atoms with van der Waals surface area (Å²) in [6.45, 7) is 2.18. The van der Waals surface area contributed by atoms with E-state index in [0.717, 1.165) is 6.16 Å². The molecule has 0 unspecified atom stereocenters. The van der Waals surface area contributed by atoms with E-state index in [2.05, 4.69) is 153 Å². The third-order valence-electron chi connectivity index (χ3n) is 6.33. The Balaban J connectivity index is 1.67. The minimum atomic E-state index is -0.597. The molecule has 172 valence electrons. The molecule has 0 saturated carbocycles. The zero-order valence-electron chi connectivity index (χ0n) is 20.0. The molecule has 0 aliphatic heterocycles. The van der Waals surface area contributed by atoms with Crippen molar-refractivity contribution in [2.75, 3.05) is 6.16 Å². The molecule has 0 aromatic heterocycles. The van der Waals surface area contributed by atoms with Crippen molar-refractivity contribution in [1.82, 2.24) is 0 Å². The molecule has 0 fully saturated rings. The van der Waals surface area contributed by atoms with Gasteiger partial charge in [-0.1, -0.05) is 151 Å². The number of benzene rings is 5. The maximum Gasteiger partial charge on any atom is 0.0167 e. The highest BCUT2D eigenvalue weighted by Gasteiger charge is 2.30. The van der Waals surface area contributed by atoms with Crippen LogP contribution in [0.2, 0.25) is 0 Å². The van der Waals surface area contributed by atoms with Gasteiger partial charge < -0.3 is 0 Å². The van der Waals surface area contributed by atoms with E-state index in [1.54, 1.807) is 0 Å². The highest BCUT2D eigenvalue weighted by atomic mass is 31.1. The van der Waals surface area contributed by atoms with Crippen LogP contribution in [0.1, 0.15) is 16.8 Å². The number of hydrogen-bond acceptors (Lipinski definition) is 0. The van der Waals surface area contributed by atoms with Gasteiger partial charge in [0.15, 0.2) is 0 Å². The first-order valence-corrected chi connectivity index (χ1v) is 15.1. The lowest BCUT2D eigenvalue weighted by Crippen LogP contribution is -2.23. The van der Waals surface area contributed by atoms with E-state index in [1.165, 1.54) is 32.3 Å². The molecule has 0 aliphatic carbocycles. The predicted molar refractivity (Wildman–Crippen MR) is 157 cm³/mol. The average Bonchev–Trinajstić information content (AvgIpc) is 2.93. The molecule has 0 spiro atoms. The first kappa shape index (κ1) is 23.7. The lowest BCUT2D eigenvalue weighted by atomic mass is 10.1. The van der Waals surface area contributed by atoms with E-state index in [0.29, 0.717) is 5.66 Å². The predicted octanol–water partition coefficient (Wildman–Crippen LogP) is 7.30. The SMILES string of the molecule is Cc1ccc([C@H](CP(c2ccccc2)c2ccccc2)P(c2ccccc2)c2ccccc2)cc1. The van der Waals surface area contributed by atoms with Gasteiger partial charge >= 0.3 is 0 Å². The fraction of sp³-hybridized carbons (Fsp3) is 0.0909. The summed E-state index contributed by atoms with van der Waals surface area (Å²) >= 11 is 0. The van der Waals surface area contributed by atoms with Crippen LogP contribution >= 0.6 is 15.8 Å². The molecule has 0 nitrogen and oxygen atoms in total. The Hall–Kier alpha value is -3.04. The summed E-state index contributed by atoms with van der Waals surface area (Å²) in [4.78, 5) is 0. The van der Waals surface area contributed by atoms with Gasteiger partial charge in [0.2, 0.25) is 0 Å². The van der Waals surface area contributed by atoms with Crippen molar-refractivity contribution in [2.24, 2.45) is 0 Å². The lowest BCUT2D eigenvalue weighted by Gasteiger charge is -2.33. The van der Waals surface area contributed by atoms with Crippen LogP contribution in [0, 0.1) is 6.92 Å². The second kappa shape index (κ2) is 11.6. The van der Waals surface area contributed by atoms with E-state index >= 15 is 0 Å². The molecule has 0 saturated heterocycles. The quantitative estimate of drug-likeness (QED) is 0.201. The van der Waals surface area contributed by atoms with Crippen LogP contribution in [0.5, 0.6) is 0 Å². The number of hydrogen-bond donors (Lipinski definition) is 0. The van der Waals surface area contributed by atoms with Gasteiger partial charge in [0.05, 0.1) is 0 Å². The van der Waals surface area contributed by atoms with Gasteiger partial charge in [-0.3, -0.25) is 0 Å². The fourth-order valence-electron chi connectivity index (χ4n) is 4.56.